The molecule has 1 saturated heterocycles. The van der Waals surface area contributed by atoms with Crippen molar-refractivity contribution in [3.8, 4) is 0 Å². The number of hydrogen-bond acceptors (Lipinski definition) is 3. The zero-order valence-electron chi connectivity index (χ0n) is 13.8. The maximum atomic E-state index is 12.1. The van der Waals surface area contributed by atoms with E-state index in [9.17, 15) is 4.79 Å². The van der Waals surface area contributed by atoms with Crippen molar-refractivity contribution in [1.82, 2.24) is 15.1 Å². The minimum atomic E-state index is 0.268. The van der Waals surface area contributed by atoms with Crippen LogP contribution in [0.4, 0.5) is 0 Å². The van der Waals surface area contributed by atoms with Crippen LogP contribution in [0.15, 0.2) is 42.5 Å². The van der Waals surface area contributed by atoms with Crippen molar-refractivity contribution in [2.45, 2.75) is 13.0 Å². The van der Waals surface area contributed by atoms with Crippen molar-refractivity contribution in [3.63, 3.8) is 0 Å². The van der Waals surface area contributed by atoms with Gasteiger partial charge in [0.15, 0.2) is 0 Å². The highest BCUT2D eigenvalue weighted by Gasteiger charge is 2.20. The van der Waals surface area contributed by atoms with E-state index in [1.807, 2.05) is 11.9 Å². The molecular weight excluding hydrogens is 286 g/mol. The van der Waals surface area contributed by atoms with Crippen molar-refractivity contribution in [2.75, 3.05) is 39.8 Å². The Labute approximate surface area is 138 Å². The van der Waals surface area contributed by atoms with E-state index in [0.29, 0.717) is 6.42 Å². The van der Waals surface area contributed by atoms with E-state index in [1.54, 1.807) is 0 Å². The highest BCUT2D eigenvalue weighted by atomic mass is 16.2. The molecule has 1 aliphatic heterocycles. The van der Waals surface area contributed by atoms with Gasteiger partial charge in [0.1, 0.15) is 0 Å². The second-order valence-electron chi connectivity index (χ2n) is 6.15. The zero-order valence-corrected chi connectivity index (χ0v) is 13.8. The largest absolute Gasteiger partial charge is 0.340 e. The highest BCUT2D eigenvalue weighted by Crippen LogP contribution is 2.20. The van der Waals surface area contributed by atoms with Crippen LogP contribution in [0, 0.1) is 0 Å². The average molecular weight is 311 g/mol. The Morgan fingerprint density at radius 2 is 1.78 bits per heavy atom. The van der Waals surface area contributed by atoms with Crippen LogP contribution in [0.3, 0.4) is 0 Å². The van der Waals surface area contributed by atoms with E-state index >= 15 is 0 Å². The summed E-state index contributed by atoms with van der Waals surface area (Å²) >= 11 is 0. The lowest BCUT2D eigenvalue weighted by Crippen LogP contribution is -2.48. The molecule has 1 aliphatic rings. The van der Waals surface area contributed by atoms with Gasteiger partial charge in [-0.05, 0) is 23.4 Å². The molecule has 0 bridgehead atoms. The summed E-state index contributed by atoms with van der Waals surface area (Å²) in [5.74, 6) is 0.268. The molecule has 1 fully saturated rings. The van der Waals surface area contributed by atoms with Crippen LogP contribution in [0.25, 0.3) is 10.8 Å². The van der Waals surface area contributed by atoms with Gasteiger partial charge >= 0.3 is 0 Å². The number of benzene rings is 2. The van der Waals surface area contributed by atoms with Gasteiger partial charge in [-0.25, -0.2) is 0 Å². The Morgan fingerprint density at radius 1 is 1.04 bits per heavy atom. The maximum Gasteiger partial charge on any atom is 0.223 e. The zero-order chi connectivity index (χ0) is 16.1. The van der Waals surface area contributed by atoms with E-state index in [2.05, 4.69) is 52.7 Å². The van der Waals surface area contributed by atoms with Gasteiger partial charge in [-0.15, -0.1) is 0 Å². The molecule has 3 rings (SSSR count). The summed E-state index contributed by atoms with van der Waals surface area (Å²) in [4.78, 5) is 16.5. The van der Waals surface area contributed by atoms with Crippen LogP contribution >= 0.6 is 0 Å². The predicted octanol–water partition coefficient (Wildman–Crippen LogP) is 2.09. The summed E-state index contributed by atoms with van der Waals surface area (Å²) in [5.41, 5.74) is 1.37. The first kappa shape index (κ1) is 16.0. The maximum absolute atomic E-state index is 12.1. The second kappa shape index (κ2) is 7.57. The van der Waals surface area contributed by atoms with Crippen molar-refractivity contribution in [1.29, 1.82) is 0 Å². The Kier molecular flexibility index (Phi) is 5.26. The lowest BCUT2D eigenvalue weighted by Gasteiger charge is -2.35. The summed E-state index contributed by atoms with van der Waals surface area (Å²) < 4.78 is 0. The molecule has 4 nitrogen and oxygen atoms in total. The van der Waals surface area contributed by atoms with Gasteiger partial charge in [-0.2, -0.15) is 0 Å². The molecule has 1 N–H and O–H groups in total. The SMILES string of the molecule is CNCCC(=O)N1CCN(Cc2cccc3ccccc23)CC1. The molecule has 1 amide bonds. The third kappa shape index (κ3) is 3.89. The smallest absolute Gasteiger partial charge is 0.223 e. The van der Waals surface area contributed by atoms with Crippen LogP contribution in [0.1, 0.15) is 12.0 Å². The van der Waals surface area contributed by atoms with Gasteiger partial charge in [0.05, 0.1) is 0 Å². The van der Waals surface area contributed by atoms with Crippen LogP contribution < -0.4 is 5.32 Å². The predicted molar refractivity (Wildman–Crippen MR) is 94.3 cm³/mol. The van der Waals surface area contributed by atoms with Crippen LogP contribution in [0.2, 0.25) is 0 Å². The molecule has 1 heterocycles. The Morgan fingerprint density at radius 3 is 2.57 bits per heavy atom. The van der Waals surface area contributed by atoms with Crippen molar-refractivity contribution >= 4 is 16.7 Å². The summed E-state index contributed by atoms with van der Waals surface area (Å²) in [6, 6.07) is 15.1. The lowest BCUT2D eigenvalue weighted by molar-refractivity contribution is -0.132. The van der Waals surface area contributed by atoms with Crippen LogP contribution in [-0.2, 0) is 11.3 Å². The summed E-state index contributed by atoms with van der Waals surface area (Å²) in [5, 5.41) is 5.67. The number of fused-ring (bicyclic) bond motifs is 1. The van der Waals surface area contributed by atoms with Gasteiger partial charge in [0.2, 0.25) is 5.91 Å². The lowest BCUT2D eigenvalue weighted by atomic mass is 10.0. The van der Waals surface area contributed by atoms with Crippen LogP contribution in [0.5, 0.6) is 0 Å². The topological polar surface area (TPSA) is 35.6 Å². The fourth-order valence-corrected chi connectivity index (χ4v) is 3.22. The molecule has 0 spiro atoms. The number of piperazine rings is 1. The first-order valence-electron chi connectivity index (χ1n) is 8.39. The molecule has 0 unspecified atom stereocenters. The molecule has 2 aromatic rings. The Bertz CT molecular complexity index is 657. The minimum absolute atomic E-state index is 0.268. The molecule has 0 radical (unpaired) electrons. The molecular formula is C19H25N3O. The van der Waals surface area contributed by atoms with Crippen molar-refractivity contribution in [2.24, 2.45) is 0 Å². The average Bonchev–Trinajstić information content (AvgIpc) is 2.60. The number of rotatable bonds is 5. The van der Waals surface area contributed by atoms with Crippen molar-refractivity contribution < 1.29 is 4.79 Å². The van der Waals surface area contributed by atoms with Gasteiger partial charge in [0.25, 0.3) is 0 Å². The molecule has 0 atom stereocenters. The molecule has 122 valence electrons. The fraction of sp³-hybridized carbons (Fsp3) is 0.421. The molecule has 4 heteroatoms. The fourth-order valence-electron chi connectivity index (χ4n) is 3.22. The number of amides is 1. The van der Waals surface area contributed by atoms with Gasteiger partial charge in [-0.3, -0.25) is 9.69 Å². The molecule has 2 aromatic carbocycles. The van der Waals surface area contributed by atoms with Gasteiger partial charge < -0.3 is 10.2 Å². The Hall–Kier alpha value is -1.91. The van der Waals surface area contributed by atoms with E-state index < -0.39 is 0 Å². The minimum Gasteiger partial charge on any atom is -0.340 e. The molecule has 0 aromatic heterocycles. The Balaban J connectivity index is 1.59. The number of nitrogens with one attached hydrogen (secondary N) is 1. The quantitative estimate of drug-likeness (QED) is 0.918. The van der Waals surface area contributed by atoms with Crippen LogP contribution in [-0.4, -0.2) is 55.5 Å². The van der Waals surface area contributed by atoms with Gasteiger partial charge in [0, 0.05) is 45.7 Å². The van der Waals surface area contributed by atoms with E-state index in [-0.39, 0.29) is 5.91 Å². The standard InChI is InChI=1S/C19H25N3O/c1-20-10-9-19(23)22-13-11-21(12-14-22)15-17-7-4-6-16-5-2-3-8-18(16)17/h2-8,20H,9-15H2,1H3. The first-order valence-corrected chi connectivity index (χ1v) is 8.39. The van der Waals surface area contributed by atoms with Crippen molar-refractivity contribution in [3.05, 3.63) is 48.0 Å². The summed E-state index contributed by atoms with van der Waals surface area (Å²) in [6.45, 7) is 5.30. The highest BCUT2D eigenvalue weighted by molar-refractivity contribution is 5.85. The first-order chi connectivity index (χ1) is 11.3. The van der Waals surface area contributed by atoms with Gasteiger partial charge in [-0.1, -0.05) is 42.5 Å². The van der Waals surface area contributed by atoms with E-state index in [0.717, 1.165) is 39.3 Å². The molecule has 0 saturated carbocycles. The van der Waals surface area contributed by atoms with E-state index in [1.165, 1.54) is 16.3 Å². The third-order valence-electron chi connectivity index (χ3n) is 4.59. The third-order valence-corrected chi connectivity index (χ3v) is 4.59. The monoisotopic (exact) mass is 311 g/mol. The molecule has 23 heavy (non-hydrogen) atoms. The molecule has 0 aliphatic carbocycles. The number of carbonyl (C=O) groups is 1. The summed E-state index contributed by atoms with van der Waals surface area (Å²) in [7, 11) is 1.88. The summed E-state index contributed by atoms with van der Waals surface area (Å²) in [6.07, 6.45) is 0.597. The number of carbonyl (C=O) groups excluding carboxylic acids is 1. The number of nitrogens with zero attached hydrogens (tertiary/aromatic N) is 2. The normalized spacial score (nSPS) is 16.0. The van der Waals surface area contributed by atoms with E-state index in [4.69, 9.17) is 0 Å². The number of hydrogen-bond donors (Lipinski definition) is 1. The second-order valence-corrected chi connectivity index (χ2v) is 6.15.